The number of hydrogen-bond donors (Lipinski definition) is 0. The number of benzene rings is 2. The van der Waals surface area contributed by atoms with Crippen molar-refractivity contribution in [3.05, 3.63) is 71.4 Å². The first kappa shape index (κ1) is 15.4. The van der Waals surface area contributed by atoms with E-state index in [0.29, 0.717) is 24.5 Å². The van der Waals surface area contributed by atoms with Crippen LogP contribution in [0.2, 0.25) is 0 Å². The van der Waals surface area contributed by atoms with Gasteiger partial charge in [0.25, 0.3) is 5.91 Å². The number of carbonyl (C=O) groups is 1. The van der Waals surface area contributed by atoms with Crippen LogP contribution in [0.3, 0.4) is 0 Å². The molecule has 0 unspecified atom stereocenters. The molecule has 0 radical (unpaired) electrons. The summed E-state index contributed by atoms with van der Waals surface area (Å²) in [5.41, 5.74) is 3.70. The van der Waals surface area contributed by atoms with E-state index in [4.69, 9.17) is 9.26 Å². The minimum absolute atomic E-state index is 0.0991. The van der Waals surface area contributed by atoms with Gasteiger partial charge in [-0.15, -0.1) is 0 Å². The van der Waals surface area contributed by atoms with Crippen LogP contribution in [0.4, 0.5) is 0 Å². The highest BCUT2D eigenvalue weighted by Crippen LogP contribution is 2.25. The fraction of sp³-hybridized carbons (Fsp3) is 0.200. The van der Waals surface area contributed by atoms with E-state index in [1.54, 1.807) is 13.2 Å². The highest BCUT2D eigenvalue weighted by Gasteiger charge is 2.24. The van der Waals surface area contributed by atoms with E-state index in [1.807, 2.05) is 41.3 Å². The number of hydrogen-bond acceptors (Lipinski definition) is 4. The maximum atomic E-state index is 12.7. The Morgan fingerprint density at radius 3 is 2.64 bits per heavy atom. The van der Waals surface area contributed by atoms with Crippen molar-refractivity contribution in [2.24, 2.45) is 0 Å². The van der Waals surface area contributed by atoms with Gasteiger partial charge in [-0.2, -0.15) is 0 Å². The average Bonchev–Trinajstić information content (AvgIpc) is 3.17. The quantitative estimate of drug-likeness (QED) is 0.735. The molecule has 25 heavy (non-hydrogen) atoms. The molecule has 4 rings (SSSR count). The fourth-order valence-electron chi connectivity index (χ4n) is 3.10. The molecule has 2 aromatic carbocycles. The van der Waals surface area contributed by atoms with Gasteiger partial charge in [-0.3, -0.25) is 4.79 Å². The smallest absolute Gasteiger partial charge is 0.276 e. The van der Waals surface area contributed by atoms with E-state index < -0.39 is 0 Å². The number of nitrogens with zero attached hydrogens (tertiary/aromatic N) is 2. The number of ether oxygens (including phenoxy) is 1. The molecule has 1 amide bonds. The van der Waals surface area contributed by atoms with Crippen LogP contribution in [-0.4, -0.2) is 29.6 Å². The van der Waals surface area contributed by atoms with Crippen molar-refractivity contribution >= 4 is 5.91 Å². The average molecular weight is 334 g/mol. The van der Waals surface area contributed by atoms with Gasteiger partial charge in [-0.1, -0.05) is 29.4 Å². The van der Waals surface area contributed by atoms with Gasteiger partial charge >= 0.3 is 0 Å². The van der Waals surface area contributed by atoms with Crippen molar-refractivity contribution in [2.45, 2.75) is 13.0 Å². The van der Waals surface area contributed by atoms with Crippen LogP contribution in [0.5, 0.6) is 5.75 Å². The van der Waals surface area contributed by atoms with Gasteiger partial charge in [0, 0.05) is 24.7 Å². The summed E-state index contributed by atoms with van der Waals surface area (Å²) < 4.78 is 10.5. The number of carbonyl (C=O) groups excluding carboxylic acids is 1. The molecule has 5 nitrogen and oxygen atoms in total. The molecule has 2 heterocycles. The summed E-state index contributed by atoms with van der Waals surface area (Å²) in [6, 6.07) is 17.4. The molecule has 3 aromatic rings. The van der Waals surface area contributed by atoms with Crippen molar-refractivity contribution in [1.29, 1.82) is 0 Å². The van der Waals surface area contributed by atoms with Gasteiger partial charge in [0.1, 0.15) is 5.75 Å². The Morgan fingerprint density at radius 2 is 1.88 bits per heavy atom. The molecule has 126 valence electrons. The third kappa shape index (κ3) is 3.01. The maximum absolute atomic E-state index is 12.7. The Balaban J connectivity index is 1.53. The molecule has 1 aliphatic rings. The second-order valence-electron chi connectivity index (χ2n) is 6.05. The lowest BCUT2D eigenvalue weighted by atomic mass is 10.00. The number of fused-ring (bicyclic) bond motifs is 1. The fourth-order valence-corrected chi connectivity index (χ4v) is 3.10. The van der Waals surface area contributed by atoms with Crippen molar-refractivity contribution in [2.75, 3.05) is 13.7 Å². The minimum Gasteiger partial charge on any atom is -0.497 e. The van der Waals surface area contributed by atoms with Gasteiger partial charge in [0.15, 0.2) is 11.5 Å². The molecule has 0 bridgehead atoms. The lowest BCUT2D eigenvalue weighted by molar-refractivity contribution is 0.0724. The molecule has 5 heteroatoms. The lowest BCUT2D eigenvalue weighted by Crippen LogP contribution is -2.36. The second kappa shape index (κ2) is 6.43. The zero-order valence-corrected chi connectivity index (χ0v) is 13.9. The Kier molecular flexibility index (Phi) is 3.98. The first-order valence-corrected chi connectivity index (χ1v) is 8.22. The largest absolute Gasteiger partial charge is 0.497 e. The van der Waals surface area contributed by atoms with Crippen LogP contribution in [-0.2, 0) is 13.0 Å². The molecule has 0 saturated heterocycles. The second-order valence-corrected chi connectivity index (χ2v) is 6.05. The summed E-state index contributed by atoms with van der Waals surface area (Å²) in [6.45, 7) is 1.31. The van der Waals surface area contributed by atoms with Gasteiger partial charge in [0.05, 0.1) is 7.11 Å². The van der Waals surface area contributed by atoms with E-state index >= 15 is 0 Å². The predicted molar refractivity (Wildman–Crippen MR) is 93.4 cm³/mol. The molecule has 0 N–H and O–H groups in total. The summed E-state index contributed by atoms with van der Waals surface area (Å²) in [5.74, 6) is 1.24. The Bertz CT molecular complexity index is 899. The Morgan fingerprint density at radius 1 is 1.12 bits per heavy atom. The third-order valence-electron chi connectivity index (χ3n) is 4.52. The van der Waals surface area contributed by atoms with Crippen molar-refractivity contribution in [3.8, 4) is 17.1 Å². The Labute approximate surface area is 145 Å². The SMILES string of the molecule is COc1ccc(-c2cc(C(=O)N3CCc4ccccc4C3)no2)cc1. The summed E-state index contributed by atoms with van der Waals surface area (Å²) in [7, 11) is 1.62. The number of methoxy groups -OCH3 is 1. The molecule has 0 aliphatic carbocycles. The normalized spacial score (nSPS) is 13.4. The Hall–Kier alpha value is -3.08. The molecule has 0 spiro atoms. The molecular formula is C20H18N2O3. The van der Waals surface area contributed by atoms with Crippen LogP contribution in [0.1, 0.15) is 21.6 Å². The first-order chi connectivity index (χ1) is 12.2. The monoisotopic (exact) mass is 334 g/mol. The van der Waals surface area contributed by atoms with Crippen LogP contribution in [0.25, 0.3) is 11.3 Å². The van der Waals surface area contributed by atoms with Gasteiger partial charge in [-0.25, -0.2) is 0 Å². The van der Waals surface area contributed by atoms with Crippen LogP contribution in [0, 0.1) is 0 Å². The molecule has 0 atom stereocenters. The maximum Gasteiger partial charge on any atom is 0.276 e. The zero-order valence-electron chi connectivity index (χ0n) is 13.9. The van der Waals surface area contributed by atoms with E-state index in [9.17, 15) is 4.79 Å². The van der Waals surface area contributed by atoms with Crippen LogP contribution < -0.4 is 4.74 Å². The molecular weight excluding hydrogens is 316 g/mol. The standard InChI is InChI=1S/C20H18N2O3/c1-24-17-8-6-15(7-9-17)19-12-18(21-25-19)20(23)22-11-10-14-4-2-3-5-16(14)13-22/h2-9,12H,10-11,13H2,1H3. The van der Waals surface area contributed by atoms with Gasteiger partial charge in [0.2, 0.25) is 0 Å². The van der Waals surface area contributed by atoms with Crippen molar-refractivity contribution < 1.29 is 14.1 Å². The van der Waals surface area contributed by atoms with Crippen LogP contribution >= 0.6 is 0 Å². The number of rotatable bonds is 3. The summed E-state index contributed by atoms with van der Waals surface area (Å²) in [6.07, 6.45) is 0.866. The van der Waals surface area contributed by atoms with Gasteiger partial charge in [-0.05, 0) is 41.8 Å². The molecule has 1 aromatic heterocycles. The van der Waals surface area contributed by atoms with E-state index in [-0.39, 0.29) is 5.91 Å². The summed E-state index contributed by atoms with van der Waals surface area (Å²) >= 11 is 0. The molecule has 0 fully saturated rings. The third-order valence-corrected chi connectivity index (χ3v) is 4.52. The van der Waals surface area contributed by atoms with Crippen molar-refractivity contribution in [3.63, 3.8) is 0 Å². The number of aromatic nitrogens is 1. The summed E-state index contributed by atoms with van der Waals surface area (Å²) in [5, 5.41) is 3.97. The first-order valence-electron chi connectivity index (χ1n) is 8.22. The summed E-state index contributed by atoms with van der Waals surface area (Å²) in [4.78, 5) is 14.6. The highest BCUT2D eigenvalue weighted by molar-refractivity contribution is 5.93. The zero-order chi connectivity index (χ0) is 17.2. The van der Waals surface area contributed by atoms with E-state index in [2.05, 4.69) is 17.3 Å². The van der Waals surface area contributed by atoms with Crippen molar-refractivity contribution in [1.82, 2.24) is 10.1 Å². The van der Waals surface area contributed by atoms with E-state index in [1.165, 1.54) is 11.1 Å². The minimum atomic E-state index is -0.0991. The number of amides is 1. The molecule has 0 saturated carbocycles. The van der Waals surface area contributed by atoms with Crippen LogP contribution in [0.15, 0.2) is 59.1 Å². The van der Waals surface area contributed by atoms with E-state index in [0.717, 1.165) is 17.7 Å². The topological polar surface area (TPSA) is 55.6 Å². The molecule has 1 aliphatic heterocycles. The lowest BCUT2D eigenvalue weighted by Gasteiger charge is -2.28. The predicted octanol–water partition coefficient (Wildman–Crippen LogP) is 3.55. The van der Waals surface area contributed by atoms with Gasteiger partial charge < -0.3 is 14.2 Å². The highest BCUT2D eigenvalue weighted by atomic mass is 16.5.